The molecule has 0 saturated carbocycles. The van der Waals surface area contributed by atoms with E-state index in [0.717, 1.165) is 27.7 Å². The molecular weight excluding hydrogens is 328 g/mol. The van der Waals surface area contributed by atoms with E-state index in [1.807, 2.05) is 0 Å². The molecule has 0 radical (unpaired) electrons. The van der Waals surface area contributed by atoms with Gasteiger partial charge in [-0.3, -0.25) is 19.2 Å². The first-order valence-corrected chi connectivity index (χ1v) is 7.10. The Morgan fingerprint density at radius 2 is 1.33 bits per heavy atom. The Morgan fingerprint density at radius 3 is 1.79 bits per heavy atom. The van der Waals surface area contributed by atoms with Gasteiger partial charge in [-0.2, -0.15) is 0 Å². The van der Waals surface area contributed by atoms with Crippen molar-refractivity contribution in [1.29, 1.82) is 0 Å². The summed E-state index contributed by atoms with van der Waals surface area (Å²) >= 11 is 0. The first-order chi connectivity index (χ1) is 11.1. The van der Waals surface area contributed by atoms with Crippen LogP contribution in [-0.2, 0) is 42.9 Å². The lowest BCUT2D eigenvalue weighted by atomic mass is 9.98. The fraction of sp³-hybridized carbons (Fsp3) is 0.714. The number of esters is 4. The summed E-state index contributed by atoms with van der Waals surface area (Å²) in [6.45, 7) is 4.08. The maximum absolute atomic E-state index is 11.2. The zero-order valence-electron chi connectivity index (χ0n) is 13.7. The van der Waals surface area contributed by atoms with Gasteiger partial charge in [0.1, 0.15) is 18.8 Å². The Bertz CT molecular complexity index is 500. The summed E-state index contributed by atoms with van der Waals surface area (Å²) in [5.74, 6) is -2.87. The molecule has 24 heavy (non-hydrogen) atoms. The van der Waals surface area contributed by atoms with Crippen molar-refractivity contribution in [1.82, 2.24) is 0 Å². The van der Waals surface area contributed by atoms with Crippen LogP contribution >= 0.6 is 0 Å². The van der Waals surface area contributed by atoms with E-state index in [4.69, 9.17) is 23.7 Å². The van der Waals surface area contributed by atoms with Crippen molar-refractivity contribution in [3.8, 4) is 0 Å². The highest BCUT2D eigenvalue weighted by atomic mass is 16.7. The summed E-state index contributed by atoms with van der Waals surface area (Å²) in [6.07, 6.45) is -6.84. The summed E-state index contributed by atoms with van der Waals surface area (Å²) in [4.78, 5) is 44.6. The highest BCUT2D eigenvalue weighted by molar-refractivity contribution is 5.68. The molecule has 0 bridgehead atoms. The molecule has 10 heteroatoms. The van der Waals surface area contributed by atoms with Crippen LogP contribution in [0.4, 0.5) is 0 Å². The fourth-order valence-corrected chi connectivity index (χ4v) is 2.14. The number of hydrogen-bond acceptors (Lipinski definition) is 10. The van der Waals surface area contributed by atoms with Crippen molar-refractivity contribution in [3.05, 3.63) is 0 Å². The molecule has 0 spiro atoms. The Balaban J connectivity index is 3.04. The van der Waals surface area contributed by atoms with E-state index in [0.29, 0.717) is 0 Å². The summed E-state index contributed by atoms with van der Waals surface area (Å²) in [5.41, 5.74) is 0. The monoisotopic (exact) mass is 348 g/mol. The predicted molar refractivity (Wildman–Crippen MR) is 74.2 cm³/mol. The minimum atomic E-state index is -1.56. The van der Waals surface area contributed by atoms with Gasteiger partial charge in [-0.05, 0) is 0 Å². The van der Waals surface area contributed by atoms with E-state index < -0.39 is 54.6 Å². The molecule has 0 aromatic heterocycles. The van der Waals surface area contributed by atoms with Gasteiger partial charge in [0, 0.05) is 27.7 Å². The van der Waals surface area contributed by atoms with Crippen molar-refractivity contribution in [2.24, 2.45) is 0 Å². The molecule has 1 heterocycles. The molecule has 1 aliphatic rings. The number of hydrogen-bond donors (Lipinski definition) is 1. The average Bonchev–Trinajstić information content (AvgIpc) is 2.42. The van der Waals surface area contributed by atoms with Gasteiger partial charge in [0.15, 0.2) is 12.2 Å². The van der Waals surface area contributed by atoms with Gasteiger partial charge in [0.2, 0.25) is 6.29 Å². The third kappa shape index (κ3) is 5.78. The van der Waals surface area contributed by atoms with Gasteiger partial charge in [-0.25, -0.2) is 0 Å². The van der Waals surface area contributed by atoms with Crippen molar-refractivity contribution >= 4 is 23.9 Å². The van der Waals surface area contributed by atoms with Gasteiger partial charge >= 0.3 is 23.9 Å². The van der Waals surface area contributed by atoms with Gasteiger partial charge in [0.05, 0.1) is 0 Å². The molecule has 0 amide bonds. The Labute approximate surface area is 137 Å². The highest BCUT2D eigenvalue weighted by Crippen LogP contribution is 2.27. The molecule has 0 unspecified atom stereocenters. The van der Waals surface area contributed by atoms with Crippen molar-refractivity contribution in [2.75, 3.05) is 6.61 Å². The smallest absolute Gasteiger partial charge is 0.305 e. The Kier molecular flexibility index (Phi) is 7.11. The van der Waals surface area contributed by atoms with Crippen molar-refractivity contribution in [3.63, 3.8) is 0 Å². The van der Waals surface area contributed by atoms with Crippen molar-refractivity contribution in [2.45, 2.75) is 58.4 Å². The molecule has 1 N–H and O–H groups in total. The number of aliphatic hydroxyl groups excluding tert-OH is 1. The molecule has 0 aromatic rings. The van der Waals surface area contributed by atoms with Crippen molar-refractivity contribution < 1.29 is 48.0 Å². The lowest BCUT2D eigenvalue weighted by Crippen LogP contribution is -2.62. The quantitative estimate of drug-likeness (QED) is 0.490. The predicted octanol–water partition coefficient (Wildman–Crippen LogP) is -0.938. The Morgan fingerprint density at radius 1 is 0.833 bits per heavy atom. The minimum Gasteiger partial charge on any atom is -0.463 e. The Hall–Kier alpha value is -2.20. The molecule has 0 aromatic carbocycles. The largest absolute Gasteiger partial charge is 0.463 e. The number of ether oxygens (including phenoxy) is 5. The maximum Gasteiger partial charge on any atom is 0.305 e. The topological polar surface area (TPSA) is 135 Å². The second kappa shape index (κ2) is 8.60. The molecule has 136 valence electrons. The first-order valence-electron chi connectivity index (χ1n) is 7.10. The summed E-state index contributed by atoms with van der Waals surface area (Å²) in [7, 11) is 0. The normalized spacial score (nSPS) is 29.3. The van der Waals surface area contributed by atoms with Crippen LogP contribution in [0.5, 0.6) is 0 Å². The van der Waals surface area contributed by atoms with Crippen LogP contribution in [0.15, 0.2) is 0 Å². The SMILES string of the molecule is CC(=O)OC[C@H]1O[C@H](OC(C)=O)[C@@H](OC(C)=O)[C@@H](O)[C@@H]1OC(C)=O. The van der Waals surface area contributed by atoms with Crippen LogP contribution in [0.1, 0.15) is 27.7 Å². The lowest BCUT2D eigenvalue weighted by Gasteiger charge is -2.42. The van der Waals surface area contributed by atoms with E-state index in [9.17, 15) is 24.3 Å². The summed E-state index contributed by atoms with van der Waals surface area (Å²) < 4.78 is 25.0. The average molecular weight is 348 g/mol. The van der Waals surface area contributed by atoms with Crippen LogP contribution in [-0.4, -0.2) is 66.3 Å². The molecular formula is C14H20O10. The molecule has 5 atom stereocenters. The zero-order chi connectivity index (χ0) is 18.4. The third-order valence-electron chi connectivity index (χ3n) is 2.95. The number of carbonyl (C=O) groups is 4. The zero-order valence-corrected chi connectivity index (χ0v) is 13.7. The van der Waals surface area contributed by atoms with Crippen LogP contribution in [0, 0.1) is 0 Å². The van der Waals surface area contributed by atoms with Gasteiger partial charge < -0.3 is 28.8 Å². The van der Waals surface area contributed by atoms with Gasteiger partial charge in [-0.1, -0.05) is 0 Å². The minimum absolute atomic E-state index is 0.366. The molecule has 1 aliphatic heterocycles. The second-order valence-electron chi connectivity index (χ2n) is 5.09. The second-order valence-corrected chi connectivity index (χ2v) is 5.09. The van der Waals surface area contributed by atoms with Gasteiger partial charge in [0.25, 0.3) is 0 Å². The number of aliphatic hydroxyl groups is 1. The number of rotatable bonds is 5. The van der Waals surface area contributed by atoms with Crippen LogP contribution in [0.2, 0.25) is 0 Å². The summed E-state index contributed by atoms with van der Waals surface area (Å²) in [6, 6.07) is 0. The standard InChI is InChI=1S/C14H20O10/c1-6(15)20-5-10-12(21-7(2)16)11(19)13(22-8(3)17)14(24-10)23-9(4)18/h10-14,19H,5H2,1-4H3/t10-,11+,12-,13+,14+/m1/s1. The van der Waals surface area contributed by atoms with Crippen LogP contribution in [0.25, 0.3) is 0 Å². The molecule has 1 fully saturated rings. The highest BCUT2D eigenvalue weighted by Gasteiger charge is 2.50. The fourth-order valence-electron chi connectivity index (χ4n) is 2.14. The first kappa shape index (κ1) is 19.8. The molecule has 10 nitrogen and oxygen atoms in total. The van der Waals surface area contributed by atoms with Crippen LogP contribution in [0.3, 0.4) is 0 Å². The number of carbonyl (C=O) groups excluding carboxylic acids is 4. The molecule has 1 saturated heterocycles. The molecule has 0 aliphatic carbocycles. The maximum atomic E-state index is 11.2. The third-order valence-corrected chi connectivity index (χ3v) is 2.95. The van der Waals surface area contributed by atoms with Gasteiger partial charge in [-0.15, -0.1) is 0 Å². The van der Waals surface area contributed by atoms with E-state index in [-0.39, 0.29) is 6.61 Å². The van der Waals surface area contributed by atoms with Crippen LogP contribution < -0.4 is 0 Å². The lowest BCUT2D eigenvalue weighted by molar-refractivity contribution is -0.298. The van der Waals surface area contributed by atoms with E-state index in [1.54, 1.807) is 0 Å². The van der Waals surface area contributed by atoms with E-state index in [1.165, 1.54) is 0 Å². The van der Waals surface area contributed by atoms with E-state index >= 15 is 0 Å². The molecule has 1 rings (SSSR count). The summed E-state index contributed by atoms with van der Waals surface area (Å²) in [5, 5.41) is 10.4. The van der Waals surface area contributed by atoms with E-state index in [2.05, 4.69) is 0 Å².